The summed E-state index contributed by atoms with van der Waals surface area (Å²) in [4.78, 5) is 0. The van der Waals surface area contributed by atoms with Gasteiger partial charge in [-0.3, -0.25) is 0 Å². The molecule has 0 nitrogen and oxygen atoms in total. The van der Waals surface area contributed by atoms with E-state index in [0.717, 1.165) is 4.78 Å². The molecular formula is C29H46AlP. The second-order valence-electron chi connectivity index (χ2n) is 12.3. The van der Waals surface area contributed by atoms with Crippen LogP contribution in [0.2, 0.25) is 13.3 Å². The maximum atomic E-state index is 2.58. The van der Waals surface area contributed by atoms with Gasteiger partial charge in [0.25, 0.3) is 14.1 Å². The summed E-state index contributed by atoms with van der Waals surface area (Å²) in [5, 5.41) is 3.27. The average Bonchev–Trinajstić information content (AvgIpc) is 2.49. The summed E-state index contributed by atoms with van der Waals surface area (Å²) < 4.78 is 1.63. The van der Waals surface area contributed by atoms with Crippen LogP contribution in [0.4, 0.5) is 0 Å². The third kappa shape index (κ3) is 6.26. The first-order valence-corrected chi connectivity index (χ1v) is 15.3. The molecule has 31 heavy (non-hydrogen) atoms. The third-order valence-corrected chi connectivity index (χ3v) is 15.7. The maximum Gasteiger partial charge on any atom is 0.277 e. The topological polar surface area (TPSA) is 0 Å². The Bertz CT molecular complexity index is 809. The van der Waals surface area contributed by atoms with Gasteiger partial charge >= 0.3 is 0 Å². The summed E-state index contributed by atoms with van der Waals surface area (Å²) in [5.41, 5.74) is 8.71. The molecule has 1 unspecified atom stereocenters. The molecule has 0 N–H and O–H groups in total. The highest BCUT2D eigenvalue weighted by Gasteiger charge is 2.45. The summed E-state index contributed by atoms with van der Waals surface area (Å²) in [6, 6.07) is 9.63. The van der Waals surface area contributed by atoms with Crippen LogP contribution in [0.5, 0.6) is 0 Å². The van der Waals surface area contributed by atoms with Crippen LogP contribution in [0.3, 0.4) is 0 Å². The molecule has 0 fully saturated rings. The van der Waals surface area contributed by atoms with Crippen molar-refractivity contribution in [2.45, 2.75) is 103 Å². The number of benzene rings is 2. The molecule has 0 heterocycles. The molecule has 2 aromatic rings. The Morgan fingerprint density at radius 2 is 0.935 bits per heavy atom. The predicted molar refractivity (Wildman–Crippen MR) is 147 cm³/mol. The Morgan fingerprint density at radius 1 is 0.645 bits per heavy atom. The van der Waals surface area contributed by atoms with Crippen molar-refractivity contribution >= 4 is 32.7 Å². The van der Waals surface area contributed by atoms with Crippen molar-refractivity contribution in [3.8, 4) is 0 Å². The van der Waals surface area contributed by atoms with Gasteiger partial charge in [-0.25, -0.2) is 0 Å². The zero-order chi connectivity index (χ0) is 23.9. The zero-order valence-electron chi connectivity index (χ0n) is 22.6. The Morgan fingerprint density at radius 3 is 1.19 bits per heavy atom. The van der Waals surface area contributed by atoms with Crippen molar-refractivity contribution in [1.82, 2.24) is 0 Å². The van der Waals surface area contributed by atoms with E-state index in [-0.39, 0.29) is 0 Å². The first kappa shape index (κ1) is 26.7. The molecule has 0 radical (unpaired) electrons. The van der Waals surface area contributed by atoms with Crippen molar-refractivity contribution in [3.05, 3.63) is 57.6 Å². The lowest BCUT2D eigenvalue weighted by Gasteiger charge is -2.42. The number of aryl methyl sites for hydroxylation is 6. The van der Waals surface area contributed by atoms with Gasteiger partial charge in [0, 0.05) is 0 Å². The fourth-order valence-electron chi connectivity index (χ4n) is 6.89. The lowest BCUT2D eigenvalue weighted by molar-refractivity contribution is 0.622. The molecule has 0 saturated heterocycles. The van der Waals surface area contributed by atoms with Gasteiger partial charge in [-0.05, 0) is 88.5 Å². The van der Waals surface area contributed by atoms with Gasteiger partial charge in [-0.2, -0.15) is 0 Å². The lowest BCUT2D eigenvalue weighted by Crippen LogP contribution is -2.40. The van der Waals surface area contributed by atoms with E-state index in [4.69, 9.17) is 0 Å². The first-order valence-electron chi connectivity index (χ1n) is 12.0. The van der Waals surface area contributed by atoms with Crippen LogP contribution in [0, 0.1) is 41.5 Å². The first-order chi connectivity index (χ1) is 14.0. The molecule has 0 aliphatic carbocycles. The monoisotopic (exact) mass is 452 g/mol. The van der Waals surface area contributed by atoms with Crippen LogP contribution in [0.1, 0.15) is 81.8 Å². The minimum Gasteiger partial charge on any atom is -0.0796 e. The molecule has 0 aliphatic rings. The highest BCUT2D eigenvalue weighted by molar-refractivity contribution is 7.73. The largest absolute Gasteiger partial charge is 0.277 e. The van der Waals surface area contributed by atoms with Gasteiger partial charge in [0.1, 0.15) is 0 Å². The third-order valence-electron chi connectivity index (χ3n) is 6.72. The normalized spacial score (nSPS) is 13.6. The van der Waals surface area contributed by atoms with Gasteiger partial charge in [-0.15, -0.1) is 0 Å². The van der Waals surface area contributed by atoms with Gasteiger partial charge in [0.15, 0.2) is 0 Å². The van der Waals surface area contributed by atoms with Gasteiger partial charge < -0.3 is 0 Å². The van der Waals surface area contributed by atoms with Crippen molar-refractivity contribution in [2.24, 2.45) is 0 Å². The van der Waals surface area contributed by atoms with Crippen molar-refractivity contribution in [2.75, 3.05) is 6.16 Å². The second-order valence-corrected chi connectivity index (χ2v) is 20.0. The molecule has 0 bridgehead atoms. The van der Waals surface area contributed by atoms with E-state index in [0.29, 0.717) is 8.55 Å². The van der Waals surface area contributed by atoms with E-state index in [1.807, 2.05) is 0 Å². The Hall–Kier alpha value is -0.598. The SMILES string of the molecule is Cc1cc(C)c(P(C[CH](C)[Al]([C](C)(C)C)[C](C)(C)C)c2c(C)cc(C)cc2C)c(C)c1. The van der Waals surface area contributed by atoms with E-state index >= 15 is 0 Å². The van der Waals surface area contributed by atoms with E-state index in [2.05, 4.69) is 114 Å². The summed E-state index contributed by atoms with van der Waals surface area (Å²) in [7, 11) is -0.390. The molecule has 1 atom stereocenters. The fraction of sp³-hybridized carbons (Fsp3) is 0.586. The number of rotatable bonds is 5. The highest BCUT2D eigenvalue weighted by atomic mass is 31.1. The fourth-order valence-corrected chi connectivity index (χ4v) is 17.5. The molecule has 0 aliphatic heterocycles. The molecule has 0 amide bonds. The molecule has 2 heteroatoms. The minimum absolute atomic E-state index is 0.390. The summed E-state index contributed by atoms with van der Waals surface area (Å²) in [6.45, 7) is 31.4. The van der Waals surface area contributed by atoms with Crippen LogP contribution < -0.4 is 10.6 Å². The lowest BCUT2D eigenvalue weighted by atomic mass is 10.1. The van der Waals surface area contributed by atoms with Gasteiger partial charge in [0.05, 0.1) is 0 Å². The zero-order valence-corrected chi connectivity index (χ0v) is 24.7. The summed E-state index contributed by atoms with van der Waals surface area (Å²) in [6.07, 6.45) is 1.32. The summed E-state index contributed by atoms with van der Waals surface area (Å²) in [5.74, 6) is 0. The minimum atomic E-state index is -1.07. The Labute approximate surface area is 199 Å². The smallest absolute Gasteiger partial charge is 0.0796 e. The molecule has 2 rings (SSSR count). The molecule has 0 spiro atoms. The second kappa shape index (κ2) is 9.72. The van der Waals surface area contributed by atoms with Crippen LogP contribution in [-0.4, -0.2) is 20.3 Å². The predicted octanol–water partition coefficient (Wildman–Crippen LogP) is 8.45. The van der Waals surface area contributed by atoms with Gasteiger partial charge in [0.2, 0.25) is 0 Å². The van der Waals surface area contributed by atoms with E-state index < -0.39 is 22.1 Å². The molecule has 0 aromatic heterocycles. The molecule has 170 valence electrons. The number of hydrogen-bond acceptors (Lipinski definition) is 0. The number of hydrogen-bond donors (Lipinski definition) is 0. The quantitative estimate of drug-likeness (QED) is 0.315. The van der Waals surface area contributed by atoms with Crippen molar-refractivity contribution in [1.29, 1.82) is 0 Å². The molecule has 0 saturated carbocycles. The van der Waals surface area contributed by atoms with Crippen molar-refractivity contribution in [3.63, 3.8) is 0 Å². The molecule has 2 aromatic carbocycles. The van der Waals surface area contributed by atoms with Crippen molar-refractivity contribution < 1.29 is 0 Å². The Kier molecular flexibility index (Phi) is 8.36. The maximum absolute atomic E-state index is 2.58. The van der Waals surface area contributed by atoms with Crippen LogP contribution >= 0.6 is 7.92 Å². The van der Waals surface area contributed by atoms with E-state index in [1.165, 1.54) is 39.5 Å². The standard InChI is InChI=1S/C21H28P.2C4H9.Al/c1-8-9-22(20-16(4)10-14(2)11-17(20)5)21-18(6)12-15(3)13-19(21)7;2*1-4(2)3;/h8,10-13H,9H2,1-7H3;2*1-3H3;. The Balaban J connectivity index is 2.71. The average molecular weight is 453 g/mol. The molecular weight excluding hydrogens is 406 g/mol. The van der Waals surface area contributed by atoms with Crippen LogP contribution in [-0.2, 0) is 0 Å². The van der Waals surface area contributed by atoms with Crippen LogP contribution in [0.25, 0.3) is 0 Å². The highest BCUT2D eigenvalue weighted by Crippen LogP contribution is 2.52. The van der Waals surface area contributed by atoms with Crippen LogP contribution in [0.15, 0.2) is 24.3 Å². The summed E-state index contributed by atoms with van der Waals surface area (Å²) >= 11 is -1.07. The van der Waals surface area contributed by atoms with Gasteiger partial charge in [-0.1, -0.05) is 97.2 Å². The van der Waals surface area contributed by atoms with E-state index in [1.54, 1.807) is 10.6 Å². The van der Waals surface area contributed by atoms with E-state index in [9.17, 15) is 0 Å².